The molecule has 3 aromatic rings. The van der Waals surface area contributed by atoms with Gasteiger partial charge in [0.15, 0.2) is 11.4 Å². The lowest BCUT2D eigenvalue weighted by atomic mass is 10.2. The van der Waals surface area contributed by atoms with E-state index in [4.69, 9.17) is 4.42 Å². The van der Waals surface area contributed by atoms with Crippen LogP contribution in [0.4, 0.5) is 6.01 Å². The Morgan fingerprint density at radius 1 is 1.00 bits per heavy atom. The summed E-state index contributed by atoms with van der Waals surface area (Å²) < 4.78 is 8.35. The predicted octanol–water partition coefficient (Wildman–Crippen LogP) is 3.49. The number of hydrogen-bond acceptors (Lipinski definition) is 5. The second-order valence-electron chi connectivity index (χ2n) is 6.75. The van der Waals surface area contributed by atoms with Gasteiger partial charge in [0.05, 0.1) is 6.04 Å². The molecule has 0 radical (unpaired) electrons. The van der Waals surface area contributed by atoms with Crippen molar-refractivity contribution in [2.75, 3.05) is 11.4 Å². The molecule has 0 aliphatic carbocycles. The first kappa shape index (κ1) is 14.0. The first-order valence-corrected chi connectivity index (χ1v) is 8.94. The molecule has 5 rings (SSSR count). The van der Waals surface area contributed by atoms with Crippen LogP contribution < -0.4 is 4.90 Å². The molecule has 24 heavy (non-hydrogen) atoms. The summed E-state index contributed by atoms with van der Waals surface area (Å²) in [6.45, 7) is 2.00. The summed E-state index contributed by atoms with van der Waals surface area (Å²) in [6, 6.07) is 8.88. The van der Waals surface area contributed by atoms with Crippen LogP contribution >= 0.6 is 0 Å². The summed E-state index contributed by atoms with van der Waals surface area (Å²) >= 11 is 0. The summed E-state index contributed by atoms with van der Waals surface area (Å²) in [5, 5.41) is 9.02. The first-order chi connectivity index (χ1) is 11.9. The molecule has 4 heterocycles. The van der Waals surface area contributed by atoms with Crippen molar-refractivity contribution in [3.63, 3.8) is 0 Å². The van der Waals surface area contributed by atoms with Crippen LogP contribution in [0.15, 0.2) is 28.7 Å². The molecule has 0 N–H and O–H groups in total. The summed E-state index contributed by atoms with van der Waals surface area (Å²) in [6.07, 6.45) is 6.97. The van der Waals surface area contributed by atoms with Gasteiger partial charge in [0.25, 0.3) is 6.01 Å². The molecule has 1 fully saturated rings. The van der Waals surface area contributed by atoms with Crippen molar-refractivity contribution in [3.05, 3.63) is 35.9 Å². The predicted molar refractivity (Wildman–Crippen MR) is 90.9 cm³/mol. The Hall–Kier alpha value is -2.37. The lowest BCUT2D eigenvalue weighted by Crippen LogP contribution is -2.25. The number of fused-ring (bicyclic) bond motifs is 2. The Labute approximate surface area is 140 Å². The van der Waals surface area contributed by atoms with E-state index < -0.39 is 0 Å². The highest BCUT2D eigenvalue weighted by Gasteiger charge is 2.34. The lowest BCUT2D eigenvalue weighted by Gasteiger charge is -2.22. The number of oxazole rings is 1. The van der Waals surface area contributed by atoms with Gasteiger partial charge in [-0.15, -0.1) is 10.2 Å². The van der Waals surface area contributed by atoms with Crippen LogP contribution in [0.5, 0.6) is 0 Å². The zero-order valence-electron chi connectivity index (χ0n) is 13.7. The van der Waals surface area contributed by atoms with E-state index in [1.165, 1.54) is 19.3 Å². The maximum absolute atomic E-state index is 6.01. The first-order valence-electron chi connectivity index (χ1n) is 8.94. The fraction of sp³-hybridized carbons (Fsp3) is 0.500. The Morgan fingerprint density at radius 2 is 1.96 bits per heavy atom. The van der Waals surface area contributed by atoms with Gasteiger partial charge in [-0.3, -0.25) is 0 Å². The minimum absolute atomic E-state index is 0.220. The molecule has 1 aromatic carbocycles. The van der Waals surface area contributed by atoms with Crippen molar-refractivity contribution in [2.45, 2.75) is 51.1 Å². The van der Waals surface area contributed by atoms with Gasteiger partial charge in [-0.2, -0.15) is 4.98 Å². The zero-order chi connectivity index (χ0) is 15.9. The number of aryl methyl sites for hydroxylation is 1. The van der Waals surface area contributed by atoms with Crippen molar-refractivity contribution in [1.29, 1.82) is 0 Å². The summed E-state index contributed by atoms with van der Waals surface area (Å²) in [5.41, 5.74) is 1.76. The summed E-state index contributed by atoms with van der Waals surface area (Å²) in [7, 11) is 0. The number of benzene rings is 1. The van der Waals surface area contributed by atoms with Crippen LogP contribution in [-0.2, 0) is 13.0 Å². The molecule has 0 bridgehead atoms. The molecule has 0 spiro atoms. The molecular weight excluding hydrogens is 302 g/mol. The molecule has 0 saturated carbocycles. The molecule has 124 valence electrons. The maximum Gasteiger partial charge on any atom is 0.299 e. The third kappa shape index (κ3) is 2.20. The van der Waals surface area contributed by atoms with E-state index in [0.29, 0.717) is 6.01 Å². The van der Waals surface area contributed by atoms with Gasteiger partial charge < -0.3 is 13.9 Å². The van der Waals surface area contributed by atoms with E-state index in [2.05, 4.69) is 24.6 Å². The second-order valence-corrected chi connectivity index (χ2v) is 6.75. The molecule has 1 atom stereocenters. The number of hydrogen-bond donors (Lipinski definition) is 0. The highest BCUT2D eigenvalue weighted by atomic mass is 16.4. The Bertz CT molecular complexity index is 834. The van der Waals surface area contributed by atoms with Gasteiger partial charge in [-0.1, -0.05) is 18.6 Å². The van der Waals surface area contributed by atoms with Crippen LogP contribution in [0.1, 0.15) is 49.8 Å². The third-order valence-electron chi connectivity index (χ3n) is 5.22. The van der Waals surface area contributed by atoms with E-state index in [1.54, 1.807) is 0 Å². The Balaban J connectivity index is 1.52. The SMILES string of the molecule is c1ccc2oc(N3CCCC3c3nnc4n3CCCCC4)nc2c1. The van der Waals surface area contributed by atoms with Crippen molar-refractivity contribution in [1.82, 2.24) is 19.7 Å². The fourth-order valence-electron chi connectivity index (χ4n) is 4.00. The number of nitrogens with zero attached hydrogens (tertiary/aromatic N) is 5. The minimum Gasteiger partial charge on any atom is -0.423 e. The Morgan fingerprint density at radius 3 is 2.92 bits per heavy atom. The molecule has 2 aliphatic heterocycles. The quantitative estimate of drug-likeness (QED) is 0.722. The molecule has 1 unspecified atom stereocenters. The molecule has 0 amide bonds. The number of aromatic nitrogens is 4. The lowest BCUT2D eigenvalue weighted by molar-refractivity contribution is 0.520. The Kier molecular flexibility index (Phi) is 3.28. The average molecular weight is 323 g/mol. The van der Waals surface area contributed by atoms with Crippen molar-refractivity contribution >= 4 is 17.1 Å². The van der Waals surface area contributed by atoms with Crippen LogP contribution in [0.2, 0.25) is 0 Å². The van der Waals surface area contributed by atoms with Crippen molar-refractivity contribution in [3.8, 4) is 0 Å². The van der Waals surface area contributed by atoms with Gasteiger partial charge in [-0.25, -0.2) is 0 Å². The topological polar surface area (TPSA) is 60.0 Å². The molecule has 2 aromatic heterocycles. The molecule has 2 aliphatic rings. The van der Waals surface area contributed by atoms with Gasteiger partial charge in [0, 0.05) is 19.5 Å². The number of rotatable bonds is 2. The monoisotopic (exact) mass is 323 g/mol. The van der Waals surface area contributed by atoms with Gasteiger partial charge in [0.2, 0.25) is 0 Å². The van der Waals surface area contributed by atoms with E-state index in [9.17, 15) is 0 Å². The van der Waals surface area contributed by atoms with E-state index in [-0.39, 0.29) is 6.04 Å². The van der Waals surface area contributed by atoms with E-state index in [1.807, 2.05) is 24.3 Å². The van der Waals surface area contributed by atoms with Crippen LogP contribution in [0.3, 0.4) is 0 Å². The highest BCUT2D eigenvalue weighted by molar-refractivity contribution is 5.74. The largest absolute Gasteiger partial charge is 0.423 e. The van der Waals surface area contributed by atoms with Gasteiger partial charge in [0.1, 0.15) is 11.3 Å². The van der Waals surface area contributed by atoms with E-state index >= 15 is 0 Å². The van der Waals surface area contributed by atoms with E-state index in [0.717, 1.165) is 55.1 Å². The molecule has 6 nitrogen and oxygen atoms in total. The molecule has 1 saturated heterocycles. The van der Waals surface area contributed by atoms with Crippen molar-refractivity contribution in [2.24, 2.45) is 0 Å². The average Bonchev–Trinajstić information content (AvgIpc) is 3.28. The van der Waals surface area contributed by atoms with Crippen LogP contribution in [-0.4, -0.2) is 26.3 Å². The van der Waals surface area contributed by atoms with Gasteiger partial charge >= 0.3 is 0 Å². The summed E-state index contributed by atoms with van der Waals surface area (Å²) in [5.74, 6) is 2.23. The third-order valence-corrected chi connectivity index (χ3v) is 5.22. The molecular formula is C18H21N5O. The van der Waals surface area contributed by atoms with Crippen LogP contribution in [0.25, 0.3) is 11.1 Å². The number of anilines is 1. The zero-order valence-corrected chi connectivity index (χ0v) is 13.7. The minimum atomic E-state index is 0.220. The van der Waals surface area contributed by atoms with Crippen molar-refractivity contribution < 1.29 is 4.42 Å². The smallest absolute Gasteiger partial charge is 0.299 e. The molecule has 6 heteroatoms. The highest BCUT2D eigenvalue weighted by Crippen LogP contribution is 2.36. The fourth-order valence-corrected chi connectivity index (χ4v) is 4.00. The normalized spacial score (nSPS) is 21.2. The maximum atomic E-state index is 6.01. The standard InChI is InChI=1S/C18H21N5O/c1-2-10-16-20-21-17(23(16)11-5-1)14-8-6-12-22(14)18-19-13-7-3-4-9-15(13)24-18/h3-4,7,9,14H,1-2,5-6,8,10-12H2. The summed E-state index contributed by atoms with van der Waals surface area (Å²) in [4.78, 5) is 6.95. The number of para-hydroxylation sites is 2. The van der Waals surface area contributed by atoms with Crippen LogP contribution in [0, 0.1) is 0 Å². The second kappa shape index (κ2) is 5.61. The van der Waals surface area contributed by atoms with Gasteiger partial charge in [-0.05, 0) is 37.8 Å².